The highest BCUT2D eigenvalue weighted by Gasteiger charge is 2.08. The molecule has 5 nitrogen and oxygen atoms in total. The minimum absolute atomic E-state index is 0.0363. The minimum atomic E-state index is -3.16. The van der Waals surface area contributed by atoms with E-state index in [0.29, 0.717) is 19.7 Å². The van der Waals surface area contributed by atoms with E-state index in [9.17, 15) is 8.42 Å². The van der Waals surface area contributed by atoms with Gasteiger partial charge in [0.05, 0.1) is 12.4 Å². The molecule has 6 heteroatoms. The zero-order valence-corrected chi connectivity index (χ0v) is 10.4. The van der Waals surface area contributed by atoms with Crippen LogP contribution in [0.25, 0.3) is 0 Å². The van der Waals surface area contributed by atoms with E-state index in [4.69, 9.17) is 4.74 Å². The molecule has 0 aromatic heterocycles. The Morgan fingerprint density at radius 1 is 1.13 bits per heavy atom. The zero-order chi connectivity index (χ0) is 11.6. The van der Waals surface area contributed by atoms with Crippen molar-refractivity contribution in [2.75, 3.05) is 38.6 Å². The Balaban J connectivity index is 3.47. The van der Waals surface area contributed by atoms with Crippen molar-refractivity contribution >= 4 is 10.0 Å². The Morgan fingerprint density at radius 3 is 2.47 bits per heavy atom. The molecule has 0 aliphatic rings. The van der Waals surface area contributed by atoms with Crippen LogP contribution in [0.5, 0.6) is 0 Å². The maximum atomic E-state index is 11.3. The Kier molecular flexibility index (Phi) is 8.98. The fraction of sp³-hybridized carbons (Fsp3) is 1.00. The molecule has 2 N–H and O–H groups in total. The number of hydrogen-bond donors (Lipinski definition) is 2. The maximum absolute atomic E-state index is 11.3. The smallest absolute Gasteiger partial charge is 0.213 e. The van der Waals surface area contributed by atoms with E-state index in [1.54, 1.807) is 0 Å². The van der Waals surface area contributed by atoms with Crippen LogP contribution in [0.4, 0.5) is 0 Å². The Morgan fingerprint density at radius 2 is 1.87 bits per heavy atom. The first-order chi connectivity index (χ1) is 7.12. The van der Waals surface area contributed by atoms with Crippen LogP contribution in [-0.2, 0) is 14.8 Å². The van der Waals surface area contributed by atoms with Gasteiger partial charge in [0.1, 0.15) is 0 Å². The minimum Gasteiger partial charge on any atom is -0.381 e. The molecule has 0 aromatic carbocycles. The SMILES string of the molecule is CCCNCCNS(=O)(=O)CCOCC. The van der Waals surface area contributed by atoms with E-state index in [2.05, 4.69) is 17.0 Å². The highest BCUT2D eigenvalue weighted by molar-refractivity contribution is 7.89. The molecule has 0 spiro atoms. The third kappa shape index (κ3) is 10.1. The van der Waals surface area contributed by atoms with Crippen molar-refractivity contribution < 1.29 is 13.2 Å². The van der Waals surface area contributed by atoms with Crippen LogP contribution in [-0.4, -0.2) is 47.0 Å². The van der Waals surface area contributed by atoms with Gasteiger partial charge in [0.25, 0.3) is 0 Å². The summed E-state index contributed by atoms with van der Waals surface area (Å²) >= 11 is 0. The lowest BCUT2D eigenvalue weighted by molar-refractivity contribution is 0.163. The normalized spacial score (nSPS) is 11.9. The van der Waals surface area contributed by atoms with Gasteiger partial charge < -0.3 is 10.1 Å². The van der Waals surface area contributed by atoms with E-state index >= 15 is 0 Å². The van der Waals surface area contributed by atoms with Crippen LogP contribution >= 0.6 is 0 Å². The summed E-state index contributed by atoms with van der Waals surface area (Å²) in [4.78, 5) is 0. The standard InChI is InChI=1S/C9H22N2O3S/c1-3-5-10-6-7-11-15(12,13)9-8-14-4-2/h10-11H,3-9H2,1-2H3. The molecule has 0 rings (SSSR count). The van der Waals surface area contributed by atoms with Gasteiger partial charge in [0, 0.05) is 19.7 Å². The molecule has 0 aliphatic carbocycles. The molecule has 0 fully saturated rings. The highest BCUT2D eigenvalue weighted by Crippen LogP contribution is 1.84. The Bertz CT molecular complexity index is 230. The molecule has 0 unspecified atom stereocenters. The van der Waals surface area contributed by atoms with Gasteiger partial charge in [-0.2, -0.15) is 0 Å². The first kappa shape index (κ1) is 14.8. The summed E-state index contributed by atoms with van der Waals surface area (Å²) in [7, 11) is -3.16. The van der Waals surface area contributed by atoms with Crippen molar-refractivity contribution in [2.45, 2.75) is 20.3 Å². The van der Waals surface area contributed by atoms with Crippen LogP contribution in [0.2, 0.25) is 0 Å². The second kappa shape index (κ2) is 9.08. The van der Waals surface area contributed by atoms with E-state index in [-0.39, 0.29) is 12.4 Å². The van der Waals surface area contributed by atoms with Crippen LogP contribution in [0.3, 0.4) is 0 Å². The average Bonchev–Trinajstić information content (AvgIpc) is 2.17. The lowest BCUT2D eigenvalue weighted by atomic mass is 10.5. The first-order valence-corrected chi connectivity index (χ1v) is 7.03. The van der Waals surface area contributed by atoms with Gasteiger partial charge in [0.2, 0.25) is 10.0 Å². The third-order valence-corrected chi connectivity index (χ3v) is 3.10. The molecule has 0 radical (unpaired) electrons. The predicted molar refractivity (Wildman–Crippen MR) is 61.4 cm³/mol. The van der Waals surface area contributed by atoms with E-state index in [1.165, 1.54) is 0 Å². The fourth-order valence-corrected chi connectivity index (χ4v) is 1.88. The maximum Gasteiger partial charge on any atom is 0.213 e. The van der Waals surface area contributed by atoms with E-state index < -0.39 is 10.0 Å². The van der Waals surface area contributed by atoms with Crippen molar-refractivity contribution in [3.05, 3.63) is 0 Å². The third-order valence-electron chi connectivity index (χ3n) is 1.75. The molecule has 0 amide bonds. The first-order valence-electron chi connectivity index (χ1n) is 5.38. The number of hydrogen-bond acceptors (Lipinski definition) is 4. The van der Waals surface area contributed by atoms with Gasteiger partial charge in [-0.05, 0) is 19.9 Å². The summed E-state index contributed by atoms with van der Waals surface area (Å²) in [6.07, 6.45) is 1.05. The Hall–Kier alpha value is -0.170. The van der Waals surface area contributed by atoms with Crippen LogP contribution in [0, 0.1) is 0 Å². The van der Waals surface area contributed by atoms with Gasteiger partial charge >= 0.3 is 0 Å². The molecule has 92 valence electrons. The number of rotatable bonds is 10. The summed E-state index contributed by atoms with van der Waals surface area (Å²) in [5, 5.41) is 3.12. The molecule has 15 heavy (non-hydrogen) atoms. The van der Waals surface area contributed by atoms with E-state index in [0.717, 1.165) is 13.0 Å². The summed E-state index contributed by atoms with van der Waals surface area (Å²) < 4.78 is 30.1. The molecule has 0 aromatic rings. The van der Waals surface area contributed by atoms with Gasteiger partial charge in [-0.15, -0.1) is 0 Å². The zero-order valence-electron chi connectivity index (χ0n) is 9.58. The molecule has 0 aliphatic heterocycles. The van der Waals surface area contributed by atoms with E-state index in [1.807, 2.05) is 6.92 Å². The van der Waals surface area contributed by atoms with Gasteiger partial charge in [-0.25, -0.2) is 13.1 Å². The molecule has 0 saturated carbocycles. The topological polar surface area (TPSA) is 67.4 Å². The molecule has 0 saturated heterocycles. The lowest BCUT2D eigenvalue weighted by Crippen LogP contribution is -2.34. The van der Waals surface area contributed by atoms with Crippen molar-refractivity contribution in [3.8, 4) is 0 Å². The number of sulfonamides is 1. The van der Waals surface area contributed by atoms with Gasteiger partial charge in [0.15, 0.2) is 0 Å². The monoisotopic (exact) mass is 238 g/mol. The predicted octanol–water partition coefficient (Wildman–Crippen LogP) is -0.0581. The lowest BCUT2D eigenvalue weighted by Gasteiger charge is -2.07. The summed E-state index contributed by atoms with van der Waals surface area (Å²) in [6.45, 7) is 6.74. The van der Waals surface area contributed by atoms with Crippen LogP contribution < -0.4 is 10.0 Å². The largest absolute Gasteiger partial charge is 0.381 e. The average molecular weight is 238 g/mol. The van der Waals surface area contributed by atoms with Crippen molar-refractivity contribution in [2.24, 2.45) is 0 Å². The van der Waals surface area contributed by atoms with Crippen molar-refractivity contribution in [1.82, 2.24) is 10.0 Å². The fourth-order valence-electron chi connectivity index (χ4n) is 0.982. The van der Waals surface area contributed by atoms with Crippen LogP contribution in [0.1, 0.15) is 20.3 Å². The number of ether oxygens (including phenoxy) is 1. The molecule has 0 bridgehead atoms. The molecular formula is C9H22N2O3S. The summed E-state index contributed by atoms with van der Waals surface area (Å²) in [5.74, 6) is 0.0363. The second-order valence-electron chi connectivity index (χ2n) is 3.16. The summed E-state index contributed by atoms with van der Waals surface area (Å²) in [6, 6.07) is 0. The molecule has 0 heterocycles. The summed E-state index contributed by atoms with van der Waals surface area (Å²) in [5.41, 5.74) is 0. The molecule has 0 atom stereocenters. The highest BCUT2D eigenvalue weighted by atomic mass is 32.2. The molecular weight excluding hydrogens is 216 g/mol. The number of nitrogens with one attached hydrogen (secondary N) is 2. The Labute approximate surface area is 92.6 Å². The van der Waals surface area contributed by atoms with Crippen LogP contribution in [0.15, 0.2) is 0 Å². The van der Waals surface area contributed by atoms with Gasteiger partial charge in [-0.1, -0.05) is 6.92 Å². The quantitative estimate of drug-likeness (QED) is 0.523. The van der Waals surface area contributed by atoms with Crippen molar-refractivity contribution in [3.63, 3.8) is 0 Å². The van der Waals surface area contributed by atoms with Gasteiger partial charge in [-0.3, -0.25) is 0 Å². The van der Waals surface area contributed by atoms with Crippen molar-refractivity contribution in [1.29, 1.82) is 0 Å². The second-order valence-corrected chi connectivity index (χ2v) is 5.09.